The fourth-order valence-corrected chi connectivity index (χ4v) is 0.237. The Morgan fingerprint density at radius 1 is 1.88 bits per heavy atom. The maximum atomic E-state index is 10.0. The fourth-order valence-electron chi connectivity index (χ4n) is 0.174. The maximum absolute atomic E-state index is 10.0. The van der Waals surface area contributed by atoms with Gasteiger partial charge in [-0.05, 0) is 6.61 Å². The first kappa shape index (κ1) is 11.4. The van der Waals surface area contributed by atoms with E-state index in [1.165, 1.54) is 0 Å². The van der Waals surface area contributed by atoms with E-state index in [4.69, 9.17) is 11.6 Å². The molecule has 0 amide bonds. The molecule has 0 aliphatic heterocycles. The zero-order valence-electron chi connectivity index (χ0n) is 4.98. The molecule has 0 aromatic rings. The molecule has 42 valence electrons. The number of halogens is 1. The second kappa shape index (κ2) is 7.63. The Kier molecular flexibility index (Phi) is 10.9. The zero-order valence-corrected chi connectivity index (χ0v) is 7.73. The summed E-state index contributed by atoms with van der Waals surface area (Å²) in [7, 11) is 0. The third-order valence-electron chi connectivity index (χ3n) is 0.376. The van der Waals surface area contributed by atoms with Crippen molar-refractivity contribution < 1.29 is 39.4 Å². The van der Waals surface area contributed by atoms with Gasteiger partial charge in [-0.2, -0.15) is 0 Å². The molecule has 0 N–H and O–H groups in total. The Labute approximate surface area is 75.8 Å². The minimum atomic E-state index is -0.482. The predicted molar refractivity (Wildman–Crippen MR) is 25.6 cm³/mol. The Morgan fingerprint density at radius 2 is 2.38 bits per heavy atom. The molecule has 0 spiro atoms. The van der Waals surface area contributed by atoms with E-state index >= 15 is 0 Å². The molecule has 0 saturated carbocycles. The van der Waals surface area contributed by atoms with E-state index in [1.54, 1.807) is 6.92 Å². The van der Waals surface area contributed by atoms with Gasteiger partial charge in [-0.1, -0.05) is 18.5 Å². The Hall–Kier alpha value is 0.630. The van der Waals surface area contributed by atoms with Crippen LogP contribution in [0.25, 0.3) is 0 Å². The smallest absolute Gasteiger partial charge is 0.613 e. The molecule has 0 unspecified atom stereocenters. The molecule has 0 rings (SSSR count). The van der Waals surface area contributed by atoms with Crippen LogP contribution in [0.4, 0.5) is 0 Å². The first-order chi connectivity index (χ1) is 3.31. The maximum Gasteiger partial charge on any atom is 1.00 e. The summed E-state index contributed by atoms with van der Waals surface area (Å²) in [4.78, 5) is 0. The Morgan fingerprint density at radius 3 is 2.50 bits per heavy atom. The van der Waals surface area contributed by atoms with Crippen molar-refractivity contribution in [3.63, 3.8) is 0 Å². The molecule has 4 heteroatoms. The minimum absolute atomic E-state index is 0. The molecule has 0 radical (unpaired) electrons. The van der Waals surface area contributed by atoms with Crippen LogP contribution >= 0.6 is 11.6 Å². The molecular formula is C4H6ClNaO2. The molecule has 0 aromatic heterocycles. The number of ether oxygens (including phenoxy) is 1. The normalized spacial score (nSPS) is 10.0. The number of hydrogen-bond donors (Lipinski definition) is 0. The zero-order chi connectivity index (χ0) is 5.70. The van der Waals surface area contributed by atoms with Gasteiger partial charge in [-0.15, -0.1) is 0 Å². The third kappa shape index (κ3) is 6.63. The summed E-state index contributed by atoms with van der Waals surface area (Å²) in [6.45, 7) is 2.10. The van der Waals surface area contributed by atoms with Crippen molar-refractivity contribution in [2.45, 2.75) is 6.92 Å². The molecule has 8 heavy (non-hydrogen) atoms. The van der Waals surface area contributed by atoms with Crippen LogP contribution in [0.15, 0.2) is 11.5 Å². The van der Waals surface area contributed by atoms with Gasteiger partial charge in [0.05, 0.1) is 5.95 Å². The van der Waals surface area contributed by atoms with Crippen molar-refractivity contribution in [3.05, 3.63) is 11.5 Å². The molecule has 0 heterocycles. The van der Waals surface area contributed by atoms with Crippen LogP contribution in [0.1, 0.15) is 6.92 Å². The summed E-state index contributed by atoms with van der Waals surface area (Å²) in [6.07, 6.45) is 0. The topological polar surface area (TPSA) is 32.3 Å². The molecule has 0 aliphatic rings. The molecule has 0 aromatic carbocycles. The van der Waals surface area contributed by atoms with Crippen LogP contribution in [0.3, 0.4) is 0 Å². The van der Waals surface area contributed by atoms with Crippen molar-refractivity contribution >= 4 is 11.6 Å². The van der Waals surface area contributed by atoms with Crippen molar-refractivity contribution in [1.82, 2.24) is 0 Å². The summed E-state index contributed by atoms with van der Waals surface area (Å²) < 4.78 is 4.36. The molecule has 2 nitrogen and oxygen atoms in total. The summed E-state index contributed by atoms with van der Waals surface area (Å²) >= 11 is 4.93. The van der Waals surface area contributed by atoms with Crippen LogP contribution < -0.4 is 34.7 Å². The summed E-state index contributed by atoms with van der Waals surface area (Å²) in [6, 6.07) is 0. The van der Waals surface area contributed by atoms with E-state index in [2.05, 4.69) is 4.74 Å². The largest absolute Gasteiger partial charge is 1.00 e. The minimum Gasteiger partial charge on any atom is -0.613 e. The van der Waals surface area contributed by atoms with Gasteiger partial charge in [-0.25, -0.2) is 0 Å². The monoisotopic (exact) mass is 144 g/mol. The SMILES string of the molecule is CCO/C([O-])=C\Cl.[Na+]. The molecule has 0 bridgehead atoms. The molecular weight excluding hydrogens is 138 g/mol. The second-order valence-corrected chi connectivity index (χ2v) is 1.08. The van der Waals surface area contributed by atoms with E-state index in [-0.39, 0.29) is 29.6 Å². The van der Waals surface area contributed by atoms with Crippen molar-refractivity contribution in [2.75, 3.05) is 6.61 Å². The van der Waals surface area contributed by atoms with Crippen molar-refractivity contribution in [2.24, 2.45) is 0 Å². The van der Waals surface area contributed by atoms with Crippen LogP contribution in [-0.4, -0.2) is 6.61 Å². The van der Waals surface area contributed by atoms with Crippen LogP contribution in [0.2, 0.25) is 0 Å². The Bertz CT molecular complexity index is 74.4. The first-order valence-corrected chi connectivity index (χ1v) is 2.35. The summed E-state index contributed by atoms with van der Waals surface area (Å²) in [5, 5.41) is 10.0. The Balaban J connectivity index is 0. The van der Waals surface area contributed by atoms with Crippen LogP contribution in [-0.2, 0) is 4.74 Å². The van der Waals surface area contributed by atoms with E-state index < -0.39 is 5.95 Å². The summed E-state index contributed by atoms with van der Waals surface area (Å²) in [5.74, 6) is -0.482. The fraction of sp³-hybridized carbons (Fsp3) is 0.500. The van der Waals surface area contributed by atoms with E-state index in [0.29, 0.717) is 6.61 Å². The molecule has 0 saturated heterocycles. The second-order valence-electron chi connectivity index (χ2n) is 0.861. The predicted octanol–water partition coefficient (Wildman–Crippen LogP) is -2.58. The van der Waals surface area contributed by atoms with Gasteiger partial charge in [-0.3, -0.25) is 0 Å². The van der Waals surface area contributed by atoms with Crippen molar-refractivity contribution in [3.8, 4) is 0 Å². The van der Waals surface area contributed by atoms with Crippen molar-refractivity contribution in [1.29, 1.82) is 0 Å². The molecule has 0 fully saturated rings. The quantitative estimate of drug-likeness (QED) is 0.315. The molecule has 0 aliphatic carbocycles. The standard InChI is InChI=1S/C4H7ClO2.Na/c1-2-7-4(6)3-5;/h3,6H,2H2,1H3;/q;+1/p-1/b4-3-;. The van der Waals surface area contributed by atoms with E-state index in [9.17, 15) is 5.11 Å². The van der Waals surface area contributed by atoms with Crippen LogP contribution in [0, 0.1) is 0 Å². The van der Waals surface area contributed by atoms with E-state index in [0.717, 1.165) is 5.54 Å². The molecule has 0 atom stereocenters. The van der Waals surface area contributed by atoms with Gasteiger partial charge in [0.2, 0.25) is 0 Å². The first-order valence-electron chi connectivity index (χ1n) is 1.91. The average Bonchev–Trinajstić information content (AvgIpc) is 1.68. The van der Waals surface area contributed by atoms with Gasteiger partial charge >= 0.3 is 29.6 Å². The van der Waals surface area contributed by atoms with Gasteiger partial charge < -0.3 is 9.84 Å². The van der Waals surface area contributed by atoms with Crippen LogP contribution in [0.5, 0.6) is 0 Å². The van der Waals surface area contributed by atoms with Gasteiger partial charge in [0.25, 0.3) is 0 Å². The van der Waals surface area contributed by atoms with Gasteiger partial charge in [0.1, 0.15) is 0 Å². The number of rotatable bonds is 2. The third-order valence-corrected chi connectivity index (χ3v) is 0.554. The summed E-state index contributed by atoms with van der Waals surface area (Å²) in [5.41, 5.74) is 0.865. The average molecular weight is 145 g/mol. The van der Waals surface area contributed by atoms with Gasteiger partial charge in [0, 0.05) is 5.54 Å². The van der Waals surface area contributed by atoms with E-state index in [1.807, 2.05) is 0 Å². The van der Waals surface area contributed by atoms with Gasteiger partial charge in [0.15, 0.2) is 0 Å². The number of hydrogen-bond acceptors (Lipinski definition) is 2.